The summed E-state index contributed by atoms with van der Waals surface area (Å²) >= 11 is 0. The van der Waals surface area contributed by atoms with Gasteiger partial charge in [-0.05, 0) is 18.2 Å². The van der Waals surface area contributed by atoms with E-state index in [0.29, 0.717) is 0 Å². The largest absolute Gasteiger partial charge is 0.491 e. The lowest BCUT2D eigenvalue weighted by Crippen LogP contribution is -2.37. The van der Waals surface area contributed by atoms with E-state index >= 15 is 0 Å². The molecule has 1 atom stereocenters. The average Bonchev–Trinajstić information content (AvgIpc) is 2.25. The number of rotatable bonds is 5. The topological polar surface area (TPSA) is 58.7 Å². The molecule has 0 aliphatic heterocycles. The maximum Gasteiger partial charge on any atom is 0.416 e. The summed E-state index contributed by atoms with van der Waals surface area (Å²) in [4.78, 5) is 0. The Balaban J connectivity index is 2.58. The van der Waals surface area contributed by atoms with Crippen LogP contribution < -0.4 is 10.6 Å². The van der Waals surface area contributed by atoms with Crippen molar-refractivity contribution in [1.82, 2.24) is 5.01 Å². The van der Waals surface area contributed by atoms with Gasteiger partial charge < -0.3 is 9.84 Å². The fourth-order valence-electron chi connectivity index (χ4n) is 1.34. The van der Waals surface area contributed by atoms with Gasteiger partial charge in [-0.3, -0.25) is 5.84 Å². The van der Waals surface area contributed by atoms with Crippen molar-refractivity contribution in [2.75, 3.05) is 20.2 Å². The summed E-state index contributed by atoms with van der Waals surface area (Å²) in [5, 5.41) is 10.7. The summed E-state index contributed by atoms with van der Waals surface area (Å²) in [6, 6.07) is 4.49. The second-order valence-corrected chi connectivity index (χ2v) is 3.93. The summed E-state index contributed by atoms with van der Waals surface area (Å²) in [6.07, 6.45) is -5.27. The predicted octanol–water partition coefficient (Wildman–Crippen LogP) is 1.25. The third-order valence-electron chi connectivity index (χ3n) is 2.10. The van der Waals surface area contributed by atoms with Gasteiger partial charge in [-0.15, -0.1) is 0 Å². The summed E-state index contributed by atoms with van der Waals surface area (Å²) < 4.78 is 42.3. The monoisotopic (exact) mass is 264 g/mol. The molecular weight excluding hydrogens is 249 g/mol. The molecule has 0 fully saturated rings. The van der Waals surface area contributed by atoms with Crippen LogP contribution in [0.15, 0.2) is 24.3 Å². The Hall–Kier alpha value is -1.31. The molecular formula is C11H15F3N2O2. The Morgan fingerprint density at radius 2 is 2.11 bits per heavy atom. The third kappa shape index (κ3) is 4.91. The first-order chi connectivity index (χ1) is 8.29. The van der Waals surface area contributed by atoms with Crippen molar-refractivity contribution < 1.29 is 23.0 Å². The standard InChI is InChI=1S/C11H15F3N2O2/c1-16(15)6-9(17)7-18-10-4-2-3-8(5-10)11(12,13)14/h2-5,9,17H,6-7,15H2,1H3/t9-/m0/s1. The normalized spacial score (nSPS) is 13.7. The number of aliphatic hydroxyl groups is 1. The number of nitrogens with zero attached hydrogens (tertiary/aromatic N) is 1. The molecule has 4 nitrogen and oxygen atoms in total. The quantitative estimate of drug-likeness (QED) is 0.621. The van der Waals surface area contributed by atoms with Gasteiger partial charge in [0.15, 0.2) is 0 Å². The Bertz CT molecular complexity index is 383. The molecule has 0 saturated carbocycles. The molecule has 102 valence electrons. The predicted molar refractivity (Wildman–Crippen MR) is 59.8 cm³/mol. The number of halogens is 3. The lowest BCUT2D eigenvalue weighted by Gasteiger charge is -2.16. The molecule has 1 aromatic rings. The van der Waals surface area contributed by atoms with Gasteiger partial charge in [0, 0.05) is 13.6 Å². The van der Waals surface area contributed by atoms with E-state index in [4.69, 9.17) is 10.6 Å². The van der Waals surface area contributed by atoms with Gasteiger partial charge in [0.25, 0.3) is 0 Å². The molecule has 0 amide bonds. The minimum Gasteiger partial charge on any atom is -0.491 e. The molecule has 1 rings (SSSR count). The molecule has 0 spiro atoms. The van der Waals surface area contributed by atoms with Crippen molar-refractivity contribution in [3.05, 3.63) is 29.8 Å². The molecule has 18 heavy (non-hydrogen) atoms. The zero-order valence-corrected chi connectivity index (χ0v) is 9.81. The SMILES string of the molecule is CN(N)C[C@H](O)COc1cccc(C(F)(F)F)c1. The molecule has 0 aliphatic carbocycles. The Labute approximate surface area is 103 Å². The number of hydrogen-bond acceptors (Lipinski definition) is 4. The Morgan fingerprint density at radius 1 is 1.44 bits per heavy atom. The zero-order valence-electron chi connectivity index (χ0n) is 9.81. The minimum absolute atomic E-state index is 0.0588. The molecule has 0 radical (unpaired) electrons. The molecule has 0 saturated heterocycles. The first-order valence-electron chi connectivity index (χ1n) is 5.23. The summed E-state index contributed by atoms with van der Waals surface area (Å²) in [6.45, 7) is 0.0435. The highest BCUT2D eigenvalue weighted by Gasteiger charge is 2.30. The number of benzene rings is 1. The molecule has 0 aromatic heterocycles. The van der Waals surface area contributed by atoms with Crippen molar-refractivity contribution in [2.45, 2.75) is 12.3 Å². The van der Waals surface area contributed by atoms with E-state index in [1.54, 1.807) is 7.05 Å². The highest BCUT2D eigenvalue weighted by atomic mass is 19.4. The number of hydrazine groups is 1. The number of nitrogens with two attached hydrogens (primary N) is 1. The van der Waals surface area contributed by atoms with Crippen LogP contribution in [0.5, 0.6) is 5.75 Å². The van der Waals surface area contributed by atoms with Crippen molar-refractivity contribution in [1.29, 1.82) is 0 Å². The van der Waals surface area contributed by atoms with Gasteiger partial charge in [-0.25, -0.2) is 5.01 Å². The van der Waals surface area contributed by atoms with E-state index in [1.807, 2.05) is 0 Å². The maximum absolute atomic E-state index is 12.4. The first kappa shape index (κ1) is 14.7. The summed E-state index contributed by atoms with van der Waals surface area (Å²) in [5.41, 5.74) is -0.787. The van der Waals surface area contributed by atoms with Gasteiger partial charge in [-0.1, -0.05) is 6.07 Å². The van der Waals surface area contributed by atoms with Gasteiger partial charge in [0.05, 0.1) is 5.56 Å². The highest BCUT2D eigenvalue weighted by molar-refractivity contribution is 5.30. The number of hydrogen-bond donors (Lipinski definition) is 2. The molecule has 0 aliphatic rings. The van der Waals surface area contributed by atoms with Crippen LogP contribution in [0.3, 0.4) is 0 Å². The number of alkyl halides is 3. The van der Waals surface area contributed by atoms with Crippen LogP contribution >= 0.6 is 0 Å². The van der Waals surface area contributed by atoms with Crippen LogP contribution in [0.1, 0.15) is 5.56 Å². The fourth-order valence-corrected chi connectivity index (χ4v) is 1.34. The number of aliphatic hydroxyl groups excluding tert-OH is 1. The van der Waals surface area contributed by atoms with Crippen LogP contribution in [-0.4, -0.2) is 36.4 Å². The van der Waals surface area contributed by atoms with Crippen LogP contribution in [0.2, 0.25) is 0 Å². The second kappa shape index (κ2) is 6.03. The smallest absolute Gasteiger partial charge is 0.416 e. The van der Waals surface area contributed by atoms with Gasteiger partial charge in [0.1, 0.15) is 18.5 Å². The molecule has 1 aromatic carbocycles. The first-order valence-corrected chi connectivity index (χ1v) is 5.23. The van der Waals surface area contributed by atoms with Crippen LogP contribution in [0.25, 0.3) is 0 Å². The van der Waals surface area contributed by atoms with Crippen LogP contribution in [0.4, 0.5) is 13.2 Å². The second-order valence-electron chi connectivity index (χ2n) is 3.93. The Kier molecular flexibility index (Phi) is 4.94. The van der Waals surface area contributed by atoms with Crippen molar-refractivity contribution in [2.24, 2.45) is 5.84 Å². The van der Waals surface area contributed by atoms with Gasteiger partial charge >= 0.3 is 6.18 Å². The average molecular weight is 264 g/mol. The number of ether oxygens (including phenoxy) is 1. The number of likely N-dealkylation sites (N-methyl/N-ethyl adjacent to an activating group) is 1. The summed E-state index contributed by atoms with van der Waals surface area (Å²) in [7, 11) is 1.56. The van der Waals surface area contributed by atoms with E-state index in [1.165, 1.54) is 17.1 Å². The molecule has 0 unspecified atom stereocenters. The van der Waals surface area contributed by atoms with Crippen molar-refractivity contribution in [3.8, 4) is 5.75 Å². The van der Waals surface area contributed by atoms with Crippen molar-refractivity contribution >= 4 is 0 Å². The fraction of sp³-hybridized carbons (Fsp3) is 0.455. The van der Waals surface area contributed by atoms with E-state index in [-0.39, 0.29) is 18.9 Å². The minimum atomic E-state index is -4.41. The maximum atomic E-state index is 12.4. The molecule has 0 bridgehead atoms. The third-order valence-corrected chi connectivity index (χ3v) is 2.10. The van der Waals surface area contributed by atoms with Crippen LogP contribution in [0, 0.1) is 0 Å². The van der Waals surface area contributed by atoms with Gasteiger partial charge in [-0.2, -0.15) is 13.2 Å². The molecule has 3 N–H and O–H groups in total. The lowest BCUT2D eigenvalue weighted by molar-refractivity contribution is -0.137. The van der Waals surface area contributed by atoms with E-state index < -0.39 is 17.8 Å². The Morgan fingerprint density at radius 3 is 2.67 bits per heavy atom. The highest BCUT2D eigenvalue weighted by Crippen LogP contribution is 2.31. The summed E-state index contributed by atoms with van der Waals surface area (Å²) in [5.74, 6) is 5.37. The van der Waals surface area contributed by atoms with Crippen LogP contribution in [-0.2, 0) is 6.18 Å². The van der Waals surface area contributed by atoms with E-state index in [0.717, 1.165) is 12.1 Å². The van der Waals surface area contributed by atoms with Crippen molar-refractivity contribution in [3.63, 3.8) is 0 Å². The zero-order chi connectivity index (χ0) is 13.8. The lowest BCUT2D eigenvalue weighted by atomic mass is 10.2. The van der Waals surface area contributed by atoms with E-state index in [9.17, 15) is 18.3 Å². The molecule has 0 heterocycles. The van der Waals surface area contributed by atoms with E-state index in [2.05, 4.69) is 0 Å². The molecule has 7 heteroatoms. The van der Waals surface area contributed by atoms with Gasteiger partial charge in [0.2, 0.25) is 0 Å².